The number of hydrogen-bond donors (Lipinski definition) is 0. The van der Waals surface area contributed by atoms with Crippen molar-refractivity contribution in [3.8, 4) is 0 Å². The highest BCUT2D eigenvalue weighted by Crippen LogP contribution is 2.39. The molecule has 1 aromatic heterocycles. The number of nitrogens with zero attached hydrogens (tertiary/aromatic N) is 2. The highest BCUT2D eigenvalue weighted by molar-refractivity contribution is 8.27. The van der Waals surface area contributed by atoms with Gasteiger partial charge < -0.3 is 4.42 Å². The summed E-state index contributed by atoms with van der Waals surface area (Å²) in [6.45, 7) is 0. The minimum atomic E-state index is -0.657. The van der Waals surface area contributed by atoms with Crippen LogP contribution in [0.25, 0.3) is 6.08 Å². The zero-order valence-corrected chi connectivity index (χ0v) is 14.7. The zero-order chi connectivity index (χ0) is 17.4. The lowest BCUT2D eigenvalue weighted by atomic mass is 10.3. The van der Waals surface area contributed by atoms with Crippen molar-refractivity contribution < 1.29 is 14.1 Å². The van der Waals surface area contributed by atoms with E-state index < -0.39 is 16.7 Å². The predicted molar refractivity (Wildman–Crippen MR) is 97.5 cm³/mol. The number of thiocarbonyl (C=S) groups is 1. The van der Waals surface area contributed by atoms with Crippen LogP contribution in [0.1, 0.15) is 5.76 Å². The molecule has 0 atom stereocenters. The number of nitro groups is 1. The molecule has 0 bridgehead atoms. The summed E-state index contributed by atoms with van der Waals surface area (Å²) in [7, 11) is 0. The van der Waals surface area contributed by atoms with Crippen LogP contribution in [0.3, 0.4) is 0 Å². The smallest absolute Gasteiger partial charge is 0.401 e. The fourth-order valence-corrected chi connectivity index (χ4v) is 3.74. The van der Waals surface area contributed by atoms with E-state index in [2.05, 4.69) is 0 Å². The average molecular weight is 401 g/mol. The second-order valence-electron chi connectivity index (χ2n) is 4.55. The van der Waals surface area contributed by atoms with Crippen LogP contribution in [0.2, 0.25) is 10.0 Å². The zero-order valence-electron chi connectivity index (χ0n) is 11.6. The molecule has 3 rings (SSSR count). The number of furan rings is 1. The molecular formula is C14H6Cl2N2O4S2. The molecule has 1 aliphatic heterocycles. The summed E-state index contributed by atoms with van der Waals surface area (Å²) in [5.74, 6) is -0.616. The van der Waals surface area contributed by atoms with Crippen LogP contribution < -0.4 is 4.90 Å². The first kappa shape index (κ1) is 17.0. The monoisotopic (exact) mass is 400 g/mol. The predicted octanol–water partition coefficient (Wildman–Crippen LogP) is 4.90. The summed E-state index contributed by atoms with van der Waals surface area (Å²) in [6.07, 6.45) is 1.40. The van der Waals surface area contributed by atoms with Crippen LogP contribution in [-0.2, 0) is 4.79 Å². The standard InChI is InChI=1S/C14H6Cl2N2O4S2/c15-7-1-3-10(9(16)5-7)17-13(19)11(24-14(17)23)6-8-2-4-12(22-8)18(20)21/h1-6H. The molecule has 2 aromatic rings. The topological polar surface area (TPSA) is 76.6 Å². The fourth-order valence-electron chi connectivity index (χ4n) is 1.99. The number of hydrogen-bond acceptors (Lipinski definition) is 6. The number of anilines is 1. The highest BCUT2D eigenvalue weighted by Gasteiger charge is 2.34. The fraction of sp³-hybridized carbons (Fsp3) is 0. The molecule has 0 aliphatic carbocycles. The van der Waals surface area contributed by atoms with Gasteiger partial charge in [-0.3, -0.25) is 19.8 Å². The van der Waals surface area contributed by atoms with E-state index in [0.29, 0.717) is 10.7 Å². The van der Waals surface area contributed by atoms with Gasteiger partial charge in [0, 0.05) is 11.1 Å². The second kappa shape index (κ2) is 6.56. The Balaban J connectivity index is 1.93. The molecule has 1 aromatic carbocycles. The summed E-state index contributed by atoms with van der Waals surface area (Å²) >= 11 is 18.3. The van der Waals surface area contributed by atoms with E-state index in [4.69, 9.17) is 39.8 Å². The Hall–Kier alpha value is -1.87. The van der Waals surface area contributed by atoms with Gasteiger partial charge in [0.25, 0.3) is 5.91 Å². The van der Waals surface area contributed by atoms with Crippen LogP contribution in [0.5, 0.6) is 0 Å². The Bertz CT molecular complexity index is 910. The number of benzene rings is 1. The molecular weight excluding hydrogens is 395 g/mol. The van der Waals surface area contributed by atoms with Crippen LogP contribution >= 0.6 is 47.2 Å². The molecule has 6 nitrogen and oxygen atoms in total. The van der Waals surface area contributed by atoms with Crippen LogP contribution in [0.15, 0.2) is 39.7 Å². The molecule has 24 heavy (non-hydrogen) atoms. The number of rotatable bonds is 3. The Morgan fingerprint density at radius 1 is 1.29 bits per heavy atom. The third-order valence-electron chi connectivity index (χ3n) is 3.01. The Morgan fingerprint density at radius 3 is 2.67 bits per heavy atom. The molecule has 1 saturated heterocycles. The first-order chi connectivity index (χ1) is 11.4. The van der Waals surface area contributed by atoms with E-state index in [9.17, 15) is 14.9 Å². The molecule has 0 saturated carbocycles. The van der Waals surface area contributed by atoms with Crippen molar-refractivity contribution in [1.29, 1.82) is 0 Å². The van der Waals surface area contributed by atoms with Gasteiger partial charge in [-0.15, -0.1) is 0 Å². The van der Waals surface area contributed by atoms with Crippen LogP contribution in [0.4, 0.5) is 11.6 Å². The van der Waals surface area contributed by atoms with E-state index in [1.54, 1.807) is 12.1 Å². The first-order valence-electron chi connectivity index (χ1n) is 6.34. The molecule has 1 aliphatic rings. The van der Waals surface area contributed by atoms with Crippen molar-refractivity contribution in [2.24, 2.45) is 0 Å². The van der Waals surface area contributed by atoms with Gasteiger partial charge in [-0.2, -0.15) is 0 Å². The minimum Gasteiger partial charge on any atom is -0.401 e. The van der Waals surface area contributed by atoms with E-state index in [1.165, 1.54) is 29.2 Å². The average Bonchev–Trinajstić information content (AvgIpc) is 3.07. The molecule has 1 amide bonds. The summed E-state index contributed by atoms with van der Waals surface area (Å²) < 4.78 is 5.31. The molecule has 0 radical (unpaired) electrons. The van der Waals surface area contributed by atoms with Crippen LogP contribution in [0, 0.1) is 10.1 Å². The number of halogens is 2. The van der Waals surface area contributed by atoms with Gasteiger partial charge in [0.15, 0.2) is 4.32 Å². The SMILES string of the molecule is O=C1C(=Cc2ccc([N+](=O)[O-])o2)SC(=S)N1c1ccc(Cl)cc1Cl. The van der Waals surface area contributed by atoms with Gasteiger partial charge in [0.2, 0.25) is 0 Å². The normalized spacial score (nSPS) is 16.2. The van der Waals surface area contributed by atoms with Gasteiger partial charge in [0.1, 0.15) is 10.7 Å². The lowest BCUT2D eigenvalue weighted by molar-refractivity contribution is -0.402. The molecule has 0 spiro atoms. The largest absolute Gasteiger partial charge is 0.433 e. The summed E-state index contributed by atoms with van der Waals surface area (Å²) in [5.41, 5.74) is 0.414. The maximum absolute atomic E-state index is 12.6. The van der Waals surface area contributed by atoms with Crippen molar-refractivity contribution in [1.82, 2.24) is 0 Å². The van der Waals surface area contributed by atoms with Crippen molar-refractivity contribution in [2.75, 3.05) is 4.90 Å². The quantitative estimate of drug-likeness (QED) is 0.315. The molecule has 0 unspecified atom stereocenters. The second-order valence-corrected chi connectivity index (χ2v) is 7.07. The minimum absolute atomic E-state index is 0.185. The number of thioether (sulfide) groups is 1. The molecule has 2 heterocycles. The number of amides is 1. The van der Waals surface area contributed by atoms with Crippen molar-refractivity contribution in [2.45, 2.75) is 0 Å². The van der Waals surface area contributed by atoms with E-state index >= 15 is 0 Å². The molecule has 1 fully saturated rings. The van der Waals surface area contributed by atoms with Crippen molar-refractivity contribution in [3.63, 3.8) is 0 Å². The maximum atomic E-state index is 12.6. The van der Waals surface area contributed by atoms with Crippen molar-refractivity contribution in [3.05, 3.63) is 61.2 Å². The van der Waals surface area contributed by atoms with Gasteiger partial charge in [-0.25, -0.2) is 0 Å². The van der Waals surface area contributed by atoms with Crippen LogP contribution in [-0.4, -0.2) is 15.2 Å². The summed E-state index contributed by atoms with van der Waals surface area (Å²) in [6, 6.07) is 7.32. The van der Waals surface area contributed by atoms with Gasteiger partial charge >= 0.3 is 5.88 Å². The summed E-state index contributed by atoms with van der Waals surface area (Å²) in [5, 5.41) is 11.4. The van der Waals surface area contributed by atoms with E-state index in [0.717, 1.165) is 11.8 Å². The third kappa shape index (κ3) is 3.18. The molecule has 122 valence electrons. The Kier molecular flexibility index (Phi) is 4.64. The number of carbonyl (C=O) groups excluding carboxylic acids is 1. The van der Waals surface area contributed by atoms with Gasteiger partial charge in [-0.05, 0) is 24.3 Å². The van der Waals surface area contributed by atoms with E-state index in [1.807, 2.05) is 0 Å². The number of carbonyl (C=O) groups is 1. The Labute approximate surface area is 155 Å². The lowest BCUT2D eigenvalue weighted by Gasteiger charge is -2.16. The first-order valence-corrected chi connectivity index (χ1v) is 8.32. The van der Waals surface area contributed by atoms with Crippen molar-refractivity contribution >= 4 is 75.1 Å². The lowest BCUT2D eigenvalue weighted by Crippen LogP contribution is -2.27. The van der Waals surface area contributed by atoms with E-state index in [-0.39, 0.29) is 20.0 Å². The van der Waals surface area contributed by atoms with Gasteiger partial charge in [-0.1, -0.05) is 47.2 Å². The van der Waals surface area contributed by atoms with Gasteiger partial charge in [0.05, 0.1) is 21.7 Å². The highest BCUT2D eigenvalue weighted by atomic mass is 35.5. The maximum Gasteiger partial charge on any atom is 0.433 e. The molecule has 10 heteroatoms. The molecule has 0 N–H and O–H groups in total. The summed E-state index contributed by atoms with van der Waals surface area (Å²) in [4.78, 5) is 24.1. The third-order valence-corrected chi connectivity index (χ3v) is 4.85. The Morgan fingerprint density at radius 2 is 2.04 bits per heavy atom.